The zero-order chi connectivity index (χ0) is 13.4. The lowest BCUT2D eigenvalue weighted by atomic mass is 10.2. The largest absolute Gasteiger partial charge is 0.389 e. The Morgan fingerprint density at radius 3 is 2.67 bits per heavy atom. The molecule has 0 radical (unpaired) electrons. The molecule has 2 N–H and O–H groups in total. The van der Waals surface area contributed by atoms with Crippen molar-refractivity contribution in [1.82, 2.24) is 10.3 Å². The van der Waals surface area contributed by atoms with Crippen LogP contribution >= 0.6 is 0 Å². The van der Waals surface area contributed by atoms with Crippen molar-refractivity contribution in [2.75, 3.05) is 19.8 Å². The summed E-state index contributed by atoms with van der Waals surface area (Å²) in [5.41, 5.74) is 0.979. The van der Waals surface area contributed by atoms with Gasteiger partial charge in [0.1, 0.15) is 0 Å². The number of nitrogens with zero attached hydrogens (tertiary/aromatic N) is 1. The van der Waals surface area contributed by atoms with Gasteiger partial charge in [0.2, 0.25) is 0 Å². The fraction of sp³-hybridized carbons (Fsp3) is 0.643. The molecule has 2 atom stereocenters. The van der Waals surface area contributed by atoms with Crippen molar-refractivity contribution in [2.45, 2.75) is 32.9 Å². The van der Waals surface area contributed by atoms with E-state index in [1.165, 1.54) is 0 Å². The van der Waals surface area contributed by atoms with Crippen molar-refractivity contribution in [3.05, 3.63) is 30.1 Å². The fourth-order valence-corrected chi connectivity index (χ4v) is 1.55. The molecule has 102 valence electrons. The average molecular weight is 252 g/mol. The van der Waals surface area contributed by atoms with E-state index in [1.54, 1.807) is 6.20 Å². The second-order valence-electron chi connectivity index (χ2n) is 4.97. The van der Waals surface area contributed by atoms with Gasteiger partial charge in [-0.1, -0.05) is 19.9 Å². The SMILES string of the molecule is CC(C)COCC(O)CN[C@@H](C)c1ccccn1. The molecule has 4 nitrogen and oxygen atoms in total. The normalized spacial score (nSPS) is 14.7. The highest BCUT2D eigenvalue weighted by molar-refractivity contribution is 5.07. The van der Waals surface area contributed by atoms with Gasteiger partial charge >= 0.3 is 0 Å². The number of ether oxygens (including phenoxy) is 1. The third-order valence-electron chi connectivity index (χ3n) is 2.55. The molecular weight excluding hydrogens is 228 g/mol. The minimum Gasteiger partial charge on any atom is -0.389 e. The quantitative estimate of drug-likeness (QED) is 0.740. The summed E-state index contributed by atoms with van der Waals surface area (Å²) >= 11 is 0. The van der Waals surface area contributed by atoms with Gasteiger partial charge in [0, 0.05) is 25.4 Å². The zero-order valence-corrected chi connectivity index (χ0v) is 11.5. The lowest BCUT2D eigenvalue weighted by Crippen LogP contribution is -2.32. The van der Waals surface area contributed by atoms with Crippen LogP contribution in [-0.4, -0.2) is 36.0 Å². The molecule has 0 bridgehead atoms. The Morgan fingerprint density at radius 2 is 2.06 bits per heavy atom. The maximum Gasteiger partial charge on any atom is 0.0897 e. The van der Waals surface area contributed by atoms with Crippen molar-refractivity contribution in [3.8, 4) is 0 Å². The average Bonchev–Trinajstić information content (AvgIpc) is 2.36. The van der Waals surface area contributed by atoms with Gasteiger partial charge in [-0.15, -0.1) is 0 Å². The predicted octanol–water partition coefficient (Wildman–Crippen LogP) is 1.77. The second-order valence-corrected chi connectivity index (χ2v) is 4.97. The Bertz CT molecular complexity index is 317. The van der Waals surface area contributed by atoms with E-state index in [9.17, 15) is 5.11 Å². The number of nitrogens with one attached hydrogen (secondary N) is 1. The second kappa shape index (κ2) is 8.19. The van der Waals surface area contributed by atoms with Crippen LogP contribution in [0.15, 0.2) is 24.4 Å². The highest BCUT2D eigenvalue weighted by atomic mass is 16.5. The van der Waals surface area contributed by atoms with Gasteiger partial charge in [0.25, 0.3) is 0 Å². The Balaban J connectivity index is 2.20. The van der Waals surface area contributed by atoms with E-state index in [0.29, 0.717) is 25.7 Å². The summed E-state index contributed by atoms with van der Waals surface area (Å²) in [5.74, 6) is 0.498. The van der Waals surface area contributed by atoms with Gasteiger partial charge in [-0.05, 0) is 25.0 Å². The topological polar surface area (TPSA) is 54.4 Å². The maximum atomic E-state index is 9.75. The monoisotopic (exact) mass is 252 g/mol. The lowest BCUT2D eigenvalue weighted by molar-refractivity contribution is 0.0251. The van der Waals surface area contributed by atoms with Gasteiger partial charge in [0.15, 0.2) is 0 Å². The van der Waals surface area contributed by atoms with Gasteiger partial charge in [-0.25, -0.2) is 0 Å². The third-order valence-corrected chi connectivity index (χ3v) is 2.55. The Kier molecular flexibility index (Phi) is 6.86. The smallest absolute Gasteiger partial charge is 0.0897 e. The molecule has 1 aromatic heterocycles. The Hall–Kier alpha value is -0.970. The van der Waals surface area contributed by atoms with Gasteiger partial charge in [-0.3, -0.25) is 4.98 Å². The molecule has 0 spiro atoms. The number of hydrogen-bond acceptors (Lipinski definition) is 4. The minimum absolute atomic E-state index is 0.131. The first-order valence-electron chi connectivity index (χ1n) is 6.49. The summed E-state index contributed by atoms with van der Waals surface area (Å²) < 4.78 is 5.39. The van der Waals surface area contributed by atoms with Crippen LogP contribution in [0.25, 0.3) is 0 Å². The molecule has 0 aliphatic carbocycles. The van der Waals surface area contributed by atoms with E-state index < -0.39 is 6.10 Å². The number of aliphatic hydroxyl groups excluding tert-OH is 1. The molecule has 0 aliphatic heterocycles. The van der Waals surface area contributed by atoms with E-state index in [1.807, 2.05) is 25.1 Å². The summed E-state index contributed by atoms with van der Waals surface area (Å²) in [6.45, 7) is 7.79. The molecule has 1 unspecified atom stereocenters. The third kappa shape index (κ3) is 6.10. The number of rotatable bonds is 8. The van der Waals surface area contributed by atoms with E-state index in [2.05, 4.69) is 24.1 Å². The van der Waals surface area contributed by atoms with Crippen molar-refractivity contribution in [2.24, 2.45) is 5.92 Å². The van der Waals surface area contributed by atoms with Crippen LogP contribution in [0.3, 0.4) is 0 Å². The molecule has 18 heavy (non-hydrogen) atoms. The lowest BCUT2D eigenvalue weighted by Gasteiger charge is -2.17. The molecule has 0 fully saturated rings. The number of hydrogen-bond donors (Lipinski definition) is 2. The maximum absolute atomic E-state index is 9.75. The number of pyridine rings is 1. The molecule has 1 rings (SSSR count). The van der Waals surface area contributed by atoms with Crippen LogP contribution in [-0.2, 0) is 4.74 Å². The van der Waals surface area contributed by atoms with Gasteiger partial charge in [0.05, 0.1) is 18.4 Å². The van der Waals surface area contributed by atoms with E-state index >= 15 is 0 Å². The number of aliphatic hydroxyl groups is 1. The highest BCUT2D eigenvalue weighted by Crippen LogP contribution is 2.07. The van der Waals surface area contributed by atoms with Crippen LogP contribution in [0, 0.1) is 5.92 Å². The molecule has 0 amide bonds. The standard InChI is InChI=1S/C14H24N2O2/c1-11(2)9-18-10-13(17)8-16-12(3)14-6-4-5-7-15-14/h4-7,11-13,16-17H,8-10H2,1-3H3/t12-,13?/m0/s1. The van der Waals surface area contributed by atoms with Crippen molar-refractivity contribution in [3.63, 3.8) is 0 Å². The molecule has 1 heterocycles. The number of aromatic nitrogens is 1. The van der Waals surface area contributed by atoms with E-state index in [0.717, 1.165) is 5.69 Å². The van der Waals surface area contributed by atoms with Gasteiger partial charge in [-0.2, -0.15) is 0 Å². The van der Waals surface area contributed by atoms with Gasteiger partial charge < -0.3 is 15.2 Å². The van der Waals surface area contributed by atoms with Crippen LogP contribution in [0.2, 0.25) is 0 Å². The van der Waals surface area contributed by atoms with Crippen LogP contribution in [0.1, 0.15) is 32.5 Å². The zero-order valence-electron chi connectivity index (χ0n) is 11.5. The van der Waals surface area contributed by atoms with Crippen LogP contribution in [0.5, 0.6) is 0 Å². The molecule has 0 aliphatic rings. The van der Waals surface area contributed by atoms with Crippen molar-refractivity contribution >= 4 is 0 Å². The van der Waals surface area contributed by atoms with Crippen LogP contribution in [0.4, 0.5) is 0 Å². The van der Waals surface area contributed by atoms with Crippen molar-refractivity contribution in [1.29, 1.82) is 0 Å². The van der Waals surface area contributed by atoms with E-state index in [4.69, 9.17) is 4.74 Å². The molecule has 1 aromatic rings. The first-order chi connectivity index (χ1) is 8.59. The minimum atomic E-state index is -0.477. The van der Waals surface area contributed by atoms with E-state index in [-0.39, 0.29) is 6.04 Å². The predicted molar refractivity (Wildman–Crippen MR) is 72.3 cm³/mol. The first kappa shape index (κ1) is 15.1. The Morgan fingerprint density at radius 1 is 1.28 bits per heavy atom. The van der Waals surface area contributed by atoms with Crippen LogP contribution < -0.4 is 5.32 Å². The molecule has 0 saturated carbocycles. The molecule has 4 heteroatoms. The highest BCUT2D eigenvalue weighted by Gasteiger charge is 2.09. The first-order valence-corrected chi connectivity index (χ1v) is 6.49. The molecule has 0 saturated heterocycles. The molecular formula is C14H24N2O2. The van der Waals surface area contributed by atoms with Crippen molar-refractivity contribution < 1.29 is 9.84 Å². The summed E-state index contributed by atoms with van der Waals surface area (Å²) in [6, 6.07) is 5.96. The summed E-state index contributed by atoms with van der Waals surface area (Å²) in [5, 5.41) is 13.0. The Labute approximate surface area is 109 Å². The molecule has 0 aromatic carbocycles. The fourth-order valence-electron chi connectivity index (χ4n) is 1.55. The summed E-state index contributed by atoms with van der Waals surface area (Å²) in [4.78, 5) is 4.27. The summed E-state index contributed by atoms with van der Waals surface area (Å²) in [7, 11) is 0. The summed E-state index contributed by atoms with van der Waals surface area (Å²) in [6.07, 6.45) is 1.30.